The third kappa shape index (κ3) is 3.39. The molecule has 5 heteroatoms. The minimum Gasteiger partial charge on any atom is -0.488 e. The summed E-state index contributed by atoms with van der Waals surface area (Å²) in [4.78, 5) is 0. The fourth-order valence-electron chi connectivity index (χ4n) is 2.56. The number of aromatic nitrogens is 2. The Kier molecular flexibility index (Phi) is 4.91. The van der Waals surface area contributed by atoms with Crippen LogP contribution in [0.5, 0.6) is 5.75 Å². The zero-order valence-corrected chi connectivity index (χ0v) is 14.0. The van der Waals surface area contributed by atoms with Crippen molar-refractivity contribution in [2.75, 3.05) is 7.05 Å². The summed E-state index contributed by atoms with van der Waals surface area (Å²) in [6.45, 7) is 7.37. The predicted molar refractivity (Wildman–Crippen MR) is 86.0 cm³/mol. The standard InChI is InChI=1S/C16H22ClN3O/c1-10-6-13(8-18-4)7-11(2)15(10)21-9-14-12(3)19-20(5)16(14)17/h6-7,18H,8-9H2,1-5H3. The molecule has 1 aromatic heterocycles. The quantitative estimate of drug-likeness (QED) is 0.921. The average Bonchev–Trinajstić information content (AvgIpc) is 2.64. The van der Waals surface area contributed by atoms with E-state index in [1.807, 2.05) is 21.0 Å². The molecule has 1 N–H and O–H groups in total. The van der Waals surface area contributed by atoms with Gasteiger partial charge in [0.1, 0.15) is 17.5 Å². The van der Waals surface area contributed by atoms with E-state index in [1.54, 1.807) is 4.68 Å². The summed E-state index contributed by atoms with van der Waals surface area (Å²) >= 11 is 6.24. The highest BCUT2D eigenvalue weighted by molar-refractivity contribution is 6.30. The SMILES string of the molecule is CNCc1cc(C)c(OCc2c(C)nn(C)c2Cl)c(C)c1. The zero-order valence-electron chi connectivity index (χ0n) is 13.2. The first-order valence-corrected chi connectivity index (χ1v) is 7.37. The van der Waals surface area contributed by atoms with E-state index in [9.17, 15) is 0 Å². The maximum Gasteiger partial charge on any atom is 0.133 e. The molecule has 0 aliphatic rings. The highest BCUT2D eigenvalue weighted by Crippen LogP contribution is 2.27. The van der Waals surface area contributed by atoms with E-state index in [4.69, 9.17) is 16.3 Å². The lowest BCUT2D eigenvalue weighted by Gasteiger charge is -2.14. The monoisotopic (exact) mass is 307 g/mol. The molecule has 2 aromatic rings. The van der Waals surface area contributed by atoms with Gasteiger partial charge in [0.25, 0.3) is 0 Å². The van der Waals surface area contributed by atoms with E-state index in [0.29, 0.717) is 11.8 Å². The number of halogens is 1. The van der Waals surface area contributed by atoms with Crippen LogP contribution in [-0.4, -0.2) is 16.8 Å². The summed E-state index contributed by atoms with van der Waals surface area (Å²) in [6, 6.07) is 4.30. The molecule has 1 aromatic carbocycles. The largest absolute Gasteiger partial charge is 0.488 e. The molecule has 114 valence electrons. The Balaban J connectivity index is 2.20. The van der Waals surface area contributed by atoms with Crippen molar-refractivity contribution in [3.05, 3.63) is 45.2 Å². The first kappa shape index (κ1) is 15.9. The number of nitrogens with zero attached hydrogens (tertiary/aromatic N) is 2. The highest BCUT2D eigenvalue weighted by atomic mass is 35.5. The molecule has 0 fully saturated rings. The van der Waals surface area contributed by atoms with Crippen LogP contribution in [-0.2, 0) is 20.2 Å². The summed E-state index contributed by atoms with van der Waals surface area (Å²) in [5.41, 5.74) is 5.38. The molecule has 21 heavy (non-hydrogen) atoms. The maximum absolute atomic E-state index is 6.24. The van der Waals surface area contributed by atoms with Gasteiger partial charge in [-0.25, -0.2) is 0 Å². The van der Waals surface area contributed by atoms with Crippen LogP contribution in [0.4, 0.5) is 0 Å². The third-order valence-electron chi connectivity index (χ3n) is 3.53. The van der Waals surface area contributed by atoms with Gasteiger partial charge in [-0.05, 0) is 44.5 Å². The second-order valence-electron chi connectivity index (χ2n) is 5.36. The Morgan fingerprint density at radius 2 is 1.86 bits per heavy atom. The highest BCUT2D eigenvalue weighted by Gasteiger charge is 2.13. The van der Waals surface area contributed by atoms with E-state index in [1.165, 1.54) is 5.56 Å². The van der Waals surface area contributed by atoms with Crippen LogP contribution in [0.15, 0.2) is 12.1 Å². The van der Waals surface area contributed by atoms with Crippen LogP contribution in [0.25, 0.3) is 0 Å². The predicted octanol–water partition coefficient (Wildman–Crippen LogP) is 3.30. The van der Waals surface area contributed by atoms with Gasteiger partial charge in [-0.1, -0.05) is 23.7 Å². The lowest BCUT2D eigenvalue weighted by molar-refractivity contribution is 0.301. The smallest absolute Gasteiger partial charge is 0.133 e. The number of hydrogen-bond acceptors (Lipinski definition) is 3. The van der Waals surface area contributed by atoms with Gasteiger partial charge in [0.15, 0.2) is 0 Å². The van der Waals surface area contributed by atoms with E-state index < -0.39 is 0 Å². The summed E-state index contributed by atoms with van der Waals surface area (Å²) in [5.74, 6) is 0.925. The molecule has 0 saturated carbocycles. The summed E-state index contributed by atoms with van der Waals surface area (Å²) < 4.78 is 7.68. The Morgan fingerprint density at radius 1 is 1.24 bits per heavy atom. The molecule has 0 bridgehead atoms. The fraction of sp³-hybridized carbons (Fsp3) is 0.438. The van der Waals surface area contributed by atoms with E-state index in [2.05, 4.69) is 36.4 Å². The van der Waals surface area contributed by atoms with Gasteiger partial charge in [0, 0.05) is 19.2 Å². The van der Waals surface area contributed by atoms with E-state index in [0.717, 1.165) is 34.7 Å². The van der Waals surface area contributed by atoms with Crippen molar-refractivity contribution in [1.82, 2.24) is 15.1 Å². The van der Waals surface area contributed by atoms with E-state index >= 15 is 0 Å². The van der Waals surface area contributed by atoms with Crippen molar-refractivity contribution in [2.24, 2.45) is 7.05 Å². The van der Waals surface area contributed by atoms with Gasteiger partial charge >= 0.3 is 0 Å². The van der Waals surface area contributed by atoms with Crippen LogP contribution in [0.2, 0.25) is 5.15 Å². The van der Waals surface area contributed by atoms with Crippen molar-refractivity contribution in [3.8, 4) is 5.75 Å². The topological polar surface area (TPSA) is 39.1 Å². The number of benzene rings is 1. The molecular weight excluding hydrogens is 286 g/mol. The summed E-state index contributed by atoms with van der Waals surface area (Å²) in [7, 11) is 3.78. The number of hydrogen-bond donors (Lipinski definition) is 1. The lowest BCUT2D eigenvalue weighted by Crippen LogP contribution is -2.07. The number of ether oxygens (including phenoxy) is 1. The second-order valence-corrected chi connectivity index (χ2v) is 5.71. The first-order chi connectivity index (χ1) is 9.93. The van der Waals surface area contributed by atoms with Crippen molar-refractivity contribution in [1.29, 1.82) is 0 Å². The Bertz CT molecular complexity index is 626. The maximum atomic E-state index is 6.24. The summed E-state index contributed by atoms with van der Waals surface area (Å²) in [6.07, 6.45) is 0. The Morgan fingerprint density at radius 3 is 2.33 bits per heavy atom. The molecule has 4 nitrogen and oxygen atoms in total. The number of nitrogens with one attached hydrogen (secondary N) is 1. The van der Waals surface area contributed by atoms with Crippen LogP contribution in [0.1, 0.15) is 27.9 Å². The average molecular weight is 308 g/mol. The Labute approximate surface area is 131 Å². The molecular formula is C16H22ClN3O. The van der Waals surface area contributed by atoms with Crippen LogP contribution in [0, 0.1) is 20.8 Å². The van der Waals surface area contributed by atoms with Gasteiger partial charge < -0.3 is 10.1 Å². The molecule has 0 aliphatic carbocycles. The second kappa shape index (κ2) is 6.50. The molecule has 2 rings (SSSR count). The lowest BCUT2D eigenvalue weighted by atomic mass is 10.1. The summed E-state index contributed by atoms with van der Waals surface area (Å²) in [5, 5.41) is 8.10. The van der Waals surface area contributed by atoms with Gasteiger partial charge in [-0.2, -0.15) is 5.10 Å². The van der Waals surface area contributed by atoms with Crippen molar-refractivity contribution in [2.45, 2.75) is 33.9 Å². The zero-order chi connectivity index (χ0) is 15.6. The first-order valence-electron chi connectivity index (χ1n) is 6.99. The van der Waals surface area contributed by atoms with E-state index in [-0.39, 0.29) is 0 Å². The molecule has 0 amide bonds. The Hall–Kier alpha value is -1.52. The van der Waals surface area contributed by atoms with Gasteiger partial charge in [-0.15, -0.1) is 0 Å². The minimum atomic E-state index is 0.436. The minimum absolute atomic E-state index is 0.436. The third-order valence-corrected chi connectivity index (χ3v) is 4.00. The van der Waals surface area contributed by atoms with Crippen molar-refractivity contribution < 1.29 is 4.74 Å². The van der Waals surface area contributed by atoms with Crippen molar-refractivity contribution in [3.63, 3.8) is 0 Å². The van der Waals surface area contributed by atoms with Gasteiger partial charge in [-0.3, -0.25) is 4.68 Å². The normalized spacial score (nSPS) is 11.0. The van der Waals surface area contributed by atoms with Crippen LogP contribution >= 0.6 is 11.6 Å². The molecule has 0 atom stereocenters. The van der Waals surface area contributed by atoms with Crippen molar-refractivity contribution >= 4 is 11.6 Å². The van der Waals surface area contributed by atoms with Gasteiger partial charge in [0.05, 0.1) is 5.69 Å². The number of aryl methyl sites for hydroxylation is 4. The van der Waals surface area contributed by atoms with Crippen LogP contribution in [0.3, 0.4) is 0 Å². The molecule has 0 saturated heterocycles. The molecule has 0 unspecified atom stereocenters. The fourth-order valence-corrected chi connectivity index (χ4v) is 2.79. The number of rotatable bonds is 5. The van der Waals surface area contributed by atoms with Gasteiger partial charge in [0.2, 0.25) is 0 Å². The molecule has 0 aliphatic heterocycles. The molecule has 1 heterocycles. The molecule has 0 spiro atoms. The molecule has 0 radical (unpaired) electrons. The van der Waals surface area contributed by atoms with Crippen LogP contribution < -0.4 is 10.1 Å².